The van der Waals surface area contributed by atoms with Gasteiger partial charge in [-0.3, -0.25) is 0 Å². The summed E-state index contributed by atoms with van der Waals surface area (Å²) in [6.07, 6.45) is 1.10. The number of fused-ring (bicyclic) bond motifs is 1. The van der Waals surface area contributed by atoms with Gasteiger partial charge in [-0.25, -0.2) is 0 Å². The summed E-state index contributed by atoms with van der Waals surface area (Å²) in [5.41, 5.74) is 1.27. The molecule has 0 bridgehead atoms. The standard InChI is InChI=1S/C15H16N2O2/c1-18-15-8-4-7-14(17-15)16-10-12-9-11-5-2-3-6-13(11)19-12/h2-8,12H,9-10H2,1H3,(H,16,17). The lowest BCUT2D eigenvalue weighted by molar-refractivity contribution is 0.246. The molecule has 1 unspecified atom stereocenters. The van der Waals surface area contributed by atoms with Gasteiger partial charge in [0, 0.05) is 12.5 Å². The first kappa shape index (κ1) is 11.8. The van der Waals surface area contributed by atoms with E-state index in [1.807, 2.05) is 36.4 Å². The Morgan fingerprint density at radius 3 is 3.00 bits per heavy atom. The molecule has 0 saturated carbocycles. The van der Waals surface area contributed by atoms with Crippen molar-refractivity contribution in [2.45, 2.75) is 12.5 Å². The average Bonchev–Trinajstić information content (AvgIpc) is 2.88. The number of pyridine rings is 1. The van der Waals surface area contributed by atoms with Gasteiger partial charge >= 0.3 is 0 Å². The van der Waals surface area contributed by atoms with E-state index in [2.05, 4.69) is 16.4 Å². The number of ether oxygens (including phenoxy) is 2. The molecule has 1 N–H and O–H groups in total. The number of benzene rings is 1. The maximum atomic E-state index is 5.86. The highest BCUT2D eigenvalue weighted by Gasteiger charge is 2.21. The summed E-state index contributed by atoms with van der Waals surface area (Å²) in [7, 11) is 1.61. The number of para-hydroxylation sites is 1. The molecule has 0 amide bonds. The zero-order chi connectivity index (χ0) is 13.1. The SMILES string of the molecule is COc1cccc(NCC2Cc3ccccc3O2)n1. The molecule has 0 aliphatic carbocycles. The molecule has 1 aromatic carbocycles. The van der Waals surface area contributed by atoms with E-state index < -0.39 is 0 Å². The van der Waals surface area contributed by atoms with E-state index in [4.69, 9.17) is 9.47 Å². The van der Waals surface area contributed by atoms with Crippen LogP contribution in [0.15, 0.2) is 42.5 Å². The molecule has 1 aromatic heterocycles. The Morgan fingerprint density at radius 1 is 1.26 bits per heavy atom. The van der Waals surface area contributed by atoms with Gasteiger partial charge in [-0.15, -0.1) is 0 Å². The van der Waals surface area contributed by atoms with Crippen LogP contribution in [0.3, 0.4) is 0 Å². The Hall–Kier alpha value is -2.23. The van der Waals surface area contributed by atoms with Crippen molar-refractivity contribution in [1.29, 1.82) is 0 Å². The van der Waals surface area contributed by atoms with Crippen molar-refractivity contribution in [2.24, 2.45) is 0 Å². The first-order chi connectivity index (χ1) is 9.35. The molecule has 1 atom stereocenters. The maximum Gasteiger partial charge on any atom is 0.214 e. The molecule has 1 aliphatic heterocycles. The van der Waals surface area contributed by atoms with Crippen molar-refractivity contribution in [1.82, 2.24) is 4.98 Å². The van der Waals surface area contributed by atoms with Gasteiger partial charge in [0.05, 0.1) is 13.7 Å². The van der Waals surface area contributed by atoms with Gasteiger partial charge in [-0.1, -0.05) is 24.3 Å². The van der Waals surface area contributed by atoms with Crippen LogP contribution in [-0.2, 0) is 6.42 Å². The number of aromatic nitrogens is 1. The van der Waals surface area contributed by atoms with Crippen LogP contribution in [0.2, 0.25) is 0 Å². The van der Waals surface area contributed by atoms with E-state index in [0.717, 1.165) is 24.5 Å². The molecule has 0 fully saturated rings. The molecule has 3 rings (SSSR count). The fraction of sp³-hybridized carbons (Fsp3) is 0.267. The predicted molar refractivity (Wildman–Crippen MR) is 73.8 cm³/mol. The number of rotatable bonds is 4. The molecule has 19 heavy (non-hydrogen) atoms. The van der Waals surface area contributed by atoms with E-state index in [1.54, 1.807) is 7.11 Å². The topological polar surface area (TPSA) is 43.4 Å². The average molecular weight is 256 g/mol. The number of methoxy groups -OCH3 is 1. The number of nitrogens with one attached hydrogen (secondary N) is 1. The monoisotopic (exact) mass is 256 g/mol. The fourth-order valence-electron chi connectivity index (χ4n) is 2.21. The van der Waals surface area contributed by atoms with Crippen LogP contribution < -0.4 is 14.8 Å². The predicted octanol–water partition coefficient (Wildman–Crippen LogP) is 2.51. The zero-order valence-corrected chi connectivity index (χ0v) is 10.8. The normalized spacial score (nSPS) is 16.6. The minimum Gasteiger partial charge on any atom is -0.488 e. The molecule has 2 heterocycles. The Kier molecular flexibility index (Phi) is 3.23. The van der Waals surface area contributed by atoms with Crippen molar-refractivity contribution < 1.29 is 9.47 Å². The lowest BCUT2D eigenvalue weighted by atomic mass is 10.1. The van der Waals surface area contributed by atoms with E-state index in [0.29, 0.717) is 5.88 Å². The lowest BCUT2D eigenvalue weighted by Crippen LogP contribution is -2.24. The molecule has 0 saturated heterocycles. The highest BCUT2D eigenvalue weighted by atomic mass is 16.5. The van der Waals surface area contributed by atoms with Crippen LogP contribution in [-0.4, -0.2) is 24.7 Å². The number of hydrogen-bond acceptors (Lipinski definition) is 4. The second-order valence-electron chi connectivity index (χ2n) is 4.50. The molecule has 1 aliphatic rings. The third-order valence-corrected chi connectivity index (χ3v) is 3.16. The van der Waals surface area contributed by atoms with E-state index in [9.17, 15) is 0 Å². The molecule has 0 spiro atoms. The Bertz CT molecular complexity index is 547. The summed E-state index contributed by atoms with van der Waals surface area (Å²) in [5, 5.41) is 3.28. The lowest BCUT2D eigenvalue weighted by Gasteiger charge is -2.12. The molecule has 4 heteroatoms. The van der Waals surface area contributed by atoms with Gasteiger partial charge in [-0.05, 0) is 17.7 Å². The van der Waals surface area contributed by atoms with Gasteiger partial charge in [0.25, 0.3) is 0 Å². The molecule has 2 aromatic rings. The summed E-state index contributed by atoms with van der Waals surface area (Å²) < 4.78 is 11.0. The van der Waals surface area contributed by atoms with E-state index in [1.165, 1.54) is 5.56 Å². The maximum absolute atomic E-state index is 5.86. The minimum atomic E-state index is 0.158. The highest BCUT2D eigenvalue weighted by Crippen LogP contribution is 2.28. The van der Waals surface area contributed by atoms with Crippen LogP contribution in [0.1, 0.15) is 5.56 Å². The second kappa shape index (κ2) is 5.18. The van der Waals surface area contributed by atoms with Gasteiger partial charge in [0.15, 0.2) is 0 Å². The smallest absolute Gasteiger partial charge is 0.214 e. The van der Waals surface area contributed by atoms with Crippen molar-refractivity contribution in [3.05, 3.63) is 48.0 Å². The van der Waals surface area contributed by atoms with Crippen LogP contribution in [0, 0.1) is 0 Å². The van der Waals surface area contributed by atoms with Gasteiger partial charge in [0.1, 0.15) is 17.7 Å². The number of nitrogens with zero attached hydrogens (tertiary/aromatic N) is 1. The summed E-state index contributed by atoms with van der Waals surface area (Å²) in [6, 6.07) is 13.8. The Balaban J connectivity index is 1.59. The number of hydrogen-bond donors (Lipinski definition) is 1. The van der Waals surface area contributed by atoms with Crippen molar-refractivity contribution in [2.75, 3.05) is 19.0 Å². The summed E-state index contributed by atoms with van der Waals surface area (Å²) >= 11 is 0. The zero-order valence-electron chi connectivity index (χ0n) is 10.8. The van der Waals surface area contributed by atoms with E-state index in [-0.39, 0.29) is 6.10 Å². The third kappa shape index (κ3) is 2.62. The highest BCUT2D eigenvalue weighted by molar-refractivity contribution is 5.40. The quantitative estimate of drug-likeness (QED) is 0.912. The van der Waals surface area contributed by atoms with Crippen molar-refractivity contribution in [3.63, 3.8) is 0 Å². The van der Waals surface area contributed by atoms with Crippen LogP contribution in [0.4, 0.5) is 5.82 Å². The largest absolute Gasteiger partial charge is 0.488 e. The Morgan fingerprint density at radius 2 is 2.16 bits per heavy atom. The van der Waals surface area contributed by atoms with Gasteiger partial charge < -0.3 is 14.8 Å². The van der Waals surface area contributed by atoms with Crippen LogP contribution >= 0.6 is 0 Å². The summed E-state index contributed by atoms with van der Waals surface area (Å²) in [6.45, 7) is 0.731. The van der Waals surface area contributed by atoms with Crippen LogP contribution in [0.5, 0.6) is 11.6 Å². The van der Waals surface area contributed by atoms with Crippen molar-refractivity contribution in [3.8, 4) is 11.6 Å². The van der Waals surface area contributed by atoms with Gasteiger partial charge in [0.2, 0.25) is 5.88 Å². The number of anilines is 1. The first-order valence-electron chi connectivity index (χ1n) is 6.34. The molecule has 0 radical (unpaired) electrons. The Labute approximate surface area is 112 Å². The summed E-state index contributed by atoms with van der Waals surface area (Å²) in [5.74, 6) is 2.41. The molecule has 98 valence electrons. The second-order valence-corrected chi connectivity index (χ2v) is 4.50. The molecule has 4 nitrogen and oxygen atoms in total. The minimum absolute atomic E-state index is 0.158. The van der Waals surface area contributed by atoms with Crippen LogP contribution in [0.25, 0.3) is 0 Å². The first-order valence-corrected chi connectivity index (χ1v) is 6.34. The van der Waals surface area contributed by atoms with Gasteiger partial charge in [-0.2, -0.15) is 4.98 Å². The van der Waals surface area contributed by atoms with E-state index >= 15 is 0 Å². The fourth-order valence-corrected chi connectivity index (χ4v) is 2.21. The third-order valence-electron chi connectivity index (χ3n) is 3.16. The van der Waals surface area contributed by atoms with Crippen molar-refractivity contribution >= 4 is 5.82 Å². The summed E-state index contributed by atoms with van der Waals surface area (Å²) in [4.78, 5) is 4.31. The molecular formula is C15H16N2O2. The molecular weight excluding hydrogens is 240 g/mol.